The maximum atomic E-state index is 5.18. The van der Waals surface area contributed by atoms with Crippen molar-refractivity contribution in [3.05, 3.63) is 64.7 Å². The van der Waals surface area contributed by atoms with E-state index in [0.717, 1.165) is 12.2 Å². The van der Waals surface area contributed by atoms with E-state index in [4.69, 9.17) is 4.74 Å². The minimum absolute atomic E-state index is 0.347. The Balaban J connectivity index is 2.10. The lowest BCUT2D eigenvalue weighted by Gasteiger charge is -2.12. The monoisotopic (exact) mass is 318 g/mol. The van der Waals surface area contributed by atoms with Crippen molar-refractivity contribution in [2.24, 2.45) is 0 Å². The summed E-state index contributed by atoms with van der Waals surface area (Å²) in [6.45, 7) is 4.30. The van der Waals surface area contributed by atoms with Crippen molar-refractivity contribution in [1.82, 2.24) is 0 Å². The zero-order valence-electron chi connectivity index (χ0n) is 11.6. The molecule has 0 aliphatic heterocycles. The summed E-state index contributed by atoms with van der Waals surface area (Å²) in [5.41, 5.74) is 5.32. The van der Waals surface area contributed by atoms with Gasteiger partial charge in [-0.1, -0.05) is 46.3 Å². The topological polar surface area (TPSA) is 9.23 Å². The average Bonchev–Trinajstić information content (AvgIpc) is 2.42. The van der Waals surface area contributed by atoms with Crippen LogP contribution in [-0.4, -0.2) is 7.11 Å². The molecule has 2 aromatic carbocycles. The predicted molar refractivity (Wildman–Crippen MR) is 84.3 cm³/mol. The van der Waals surface area contributed by atoms with Crippen molar-refractivity contribution in [2.45, 2.75) is 25.1 Å². The molecule has 2 aromatic rings. The third kappa shape index (κ3) is 3.60. The highest BCUT2D eigenvalue weighted by Crippen LogP contribution is 2.29. The lowest BCUT2D eigenvalue weighted by molar-refractivity contribution is 0.414. The summed E-state index contributed by atoms with van der Waals surface area (Å²) in [6, 6.07) is 14.9. The van der Waals surface area contributed by atoms with Crippen LogP contribution in [-0.2, 0) is 6.42 Å². The van der Waals surface area contributed by atoms with E-state index in [0.29, 0.717) is 4.83 Å². The molecule has 0 aromatic heterocycles. The molecule has 0 saturated heterocycles. The minimum atomic E-state index is 0.347. The Labute approximate surface area is 123 Å². The van der Waals surface area contributed by atoms with Gasteiger partial charge in [0.2, 0.25) is 0 Å². The van der Waals surface area contributed by atoms with E-state index in [9.17, 15) is 0 Å². The second kappa shape index (κ2) is 6.25. The number of methoxy groups -OCH3 is 1. The fraction of sp³-hybridized carbons (Fsp3) is 0.294. The van der Waals surface area contributed by atoms with Gasteiger partial charge in [0, 0.05) is 4.83 Å². The Morgan fingerprint density at radius 3 is 2.26 bits per heavy atom. The first-order valence-corrected chi connectivity index (χ1v) is 7.36. The van der Waals surface area contributed by atoms with E-state index < -0.39 is 0 Å². The Morgan fingerprint density at radius 2 is 1.68 bits per heavy atom. The highest BCUT2D eigenvalue weighted by Gasteiger charge is 2.09. The number of halogens is 1. The molecule has 0 aliphatic rings. The van der Waals surface area contributed by atoms with Gasteiger partial charge >= 0.3 is 0 Å². The van der Waals surface area contributed by atoms with Gasteiger partial charge in [-0.2, -0.15) is 0 Å². The molecule has 0 heterocycles. The Bertz CT molecular complexity index is 546. The Kier molecular flexibility index (Phi) is 4.65. The van der Waals surface area contributed by atoms with Gasteiger partial charge in [-0.15, -0.1) is 0 Å². The van der Waals surface area contributed by atoms with E-state index in [-0.39, 0.29) is 0 Å². The summed E-state index contributed by atoms with van der Waals surface area (Å²) in [5, 5.41) is 0. The van der Waals surface area contributed by atoms with E-state index in [1.165, 1.54) is 22.3 Å². The molecule has 0 amide bonds. The molecular weight excluding hydrogens is 300 g/mol. The summed E-state index contributed by atoms with van der Waals surface area (Å²) < 4.78 is 5.18. The van der Waals surface area contributed by atoms with Crippen LogP contribution in [0, 0.1) is 13.8 Å². The molecular formula is C17H19BrO. The van der Waals surface area contributed by atoms with Crippen LogP contribution < -0.4 is 4.74 Å². The molecule has 2 rings (SSSR count). The Hall–Kier alpha value is -1.28. The molecule has 1 nitrogen and oxygen atoms in total. The van der Waals surface area contributed by atoms with Crippen LogP contribution in [0.4, 0.5) is 0 Å². The highest BCUT2D eigenvalue weighted by molar-refractivity contribution is 9.09. The van der Waals surface area contributed by atoms with Crippen molar-refractivity contribution in [2.75, 3.05) is 7.11 Å². The molecule has 0 aliphatic carbocycles. The van der Waals surface area contributed by atoms with Crippen LogP contribution in [0.25, 0.3) is 0 Å². The number of aryl methyl sites for hydroxylation is 2. The third-order valence-electron chi connectivity index (χ3n) is 3.47. The summed E-state index contributed by atoms with van der Waals surface area (Å²) in [5.74, 6) is 0.904. The average molecular weight is 319 g/mol. The molecule has 0 bridgehead atoms. The second-order valence-corrected chi connectivity index (χ2v) is 5.97. The summed E-state index contributed by atoms with van der Waals surface area (Å²) >= 11 is 3.79. The quantitative estimate of drug-likeness (QED) is 0.721. The van der Waals surface area contributed by atoms with Gasteiger partial charge in [-0.3, -0.25) is 0 Å². The van der Waals surface area contributed by atoms with E-state index in [1.54, 1.807) is 7.11 Å². The second-order valence-electron chi connectivity index (χ2n) is 4.86. The first-order chi connectivity index (χ1) is 9.10. The lowest BCUT2D eigenvalue weighted by atomic mass is 10.0. The van der Waals surface area contributed by atoms with Gasteiger partial charge < -0.3 is 4.74 Å². The molecule has 1 unspecified atom stereocenters. The largest absolute Gasteiger partial charge is 0.497 e. The van der Waals surface area contributed by atoms with Gasteiger partial charge in [0.25, 0.3) is 0 Å². The number of alkyl halides is 1. The maximum Gasteiger partial charge on any atom is 0.118 e. The molecule has 0 fully saturated rings. The minimum Gasteiger partial charge on any atom is -0.497 e. The zero-order valence-corrected chi connectivity index (χ0v) is 13.2. The van der Waals surface area contributed by atoms with Crippen LogP contribution in [0.2, 0.25) is 0 Å². The number of hydrogen-bond acceptors (Lipinski definition) is 1. The van der Waals surface area contributed by atoms with Gasteiger partial charge in [0.1, 0.15) is 5.75 Å². The maximum absolute atomic E-state index is 5.18. The fourth-order valence-corrected chi connectivity index (χ4v) is 2.70. The van der Waals surface area contributed by atoms with Crippen molar-refractivity contribution in [3.8, 4) is 5.75 Å². The molecule has 0 N–H and O–H groups in total. The van der Waals surface area contributed by atoms with E-state index in [2.05, 4.69) is 60.1 Å². The van der Waals surface area contributed by atoms with Gasteiger partial charge in [-0.25, -0.2) is 0 Å². The molecule has 0 radical (unpaired) electrons. The van der Waals surface area contributed by atoms with Crippen LogP contribution in [0.15, 0.2) is 42.5 Å². The first-order valence-electron chi connectivity index (χ1n) is 6.44. The fourth-order valence-electron chi connectivity index (χ4n) is 2.05. The molecule has 100 valence electrons. The normalized spacial score (nSPS) is 12.2. The van der Waals surface area contributed by atoms with Crippen molar-refractivity contribution >= 4 is 15.9 Å². The molecule has 0 saturated carbocycles. The van der Waals surface area contributed by atoms with Crippen molar-refractivity contribution in [3.63, 3.8) is 0 Å². The number of rotatable bonds is 4. The summed E-state index contributed by atoms with van der Waals surface area (Å²) in [4.78, 5) is 0.347. The van der Waals surface area contributed by atoms with Crippen molar-refractivity contribution < 1.29 is 4.74 Å². The number of hydrogen-bond donors (Lipinski definition) is 0. The van der Waals surface area contributed by atoms with Gasteiger partial charge in [0.05, 0.1) is 7.11 Å². The van der Waals surface area contributed by atoms with Gasteiger partial charge in [-0.05, 0) is 54.7 Å². The van der Waals surface area contributed by atoms with E-state index in [1.807, 2.05) is 12.1 Å². The van der Waals surface area contributed by atoms with Crippen LogP contribution in [0.5, 0.6) is 5.75 Å². The number of benzene rings is 2. The molecule has 2 heteroatoms. The smallest absolute Gasteiger partial charge is 0.118 e. The van der Waals surface area contributed by atoms with Gasteiger partial charge in [0.15, 0.2) is 0 Å². The van der Waals surface area contributed by atoms with Crippen LogP contribution >= 0.6 is 15.9 Å². The first kappa shape index (κ1) is 14.1. The SMILES string of the molecule is COc1ccc(CC(Br)c2ccc(C)c(C)c2)cc1. The summed E-state index contributed by atoms with van der Waals surface area (Å²) in [7, 11) is 1.69. The highest BCUT2D eigenvalue weighted by atomic mass is 79.9. The lowest BCUT2D eigenvalue weighted by Crippen LogP contribution is -1.97. The molecule has 19 heavy (non-hydrogen) atoms. The van der Waals surface area contributed by atoms with Crippen LogP contribution in [0.1, 0.15) is 27.1 Å². The third-order valence-corrected chi connectivity index (χ3v) is 4.32. The van der Waals surface area contributed by atoms with Crippen LogP contribution in [0.3, 0.4) is 0 Å². The Morgan fingerprint density at radius 1 is 1.00 bits per heavy atom. The zero-order chi connectivity index (χ0) is 13.8. The van der Waals surface area contributed by atoms with E-state index >= 15 is 0 Å². The molecule has 0 spiro atoms. The summed E-state index contributed by atoms with van der Waals surface area (Å²) in [6.07, 6.45) is 0.979. The van der Waals surface area contributed by atoms with Crippen molar-refractivity contribution in [1.29, 1.82) is 0 Å². The standard InChI is InChI=1S/C17H19BrO/c1-12-4-7-15(10-13(12)2)17(18)11-14-5-8-16(19-3)9-6-14/h4-10,17H,11H2,1-3H3. The number of ether oxygens (including phenoxy) is 1. The molecule has 1 atom stereocenters. The predicted octanol–water partition coefficient (Wildman–Crippen LogP) is 4.99.